The van der Waals surface area contributed by atoms with E-state index in [9.17, 15) is 10.1 Å². The largest absolute Gasteiger partial charge is 0.494 e. The molecule has 0 aliphatic rings. The van der Waals surface area contributed by atoms with E-state index in [1.807, 2.05) is 67.6 Å². The molecule has 0 spiro atoms. The van der Waals surface area contributed by atoms with Gasteiger partial charge in [0.1, 0.15) is 17.4 Å². The molecular weight excluding hydrogens is 300 g/mol. The van der Waals surface area contributed by atoms with Gasteiger partial charge in [-0.05, 0) is 35.8 Å². The first-order valence-electron chi connectivity index (χ1n) is 7.89. The molecule has 1 N–H and O–H groups in total. The number of carbonyl (C=O) groups excluding carboxylic acids is 1. The maximum atomic E-state index is 12.1. The smallest absolute Gasteiger partial charge is 0.262 e. The van der Waals surface area contributed by atoms with Crippen LogP contribution in [0.4, 0.5) is 0 Å². The lowest BCUT2D eigenvalue weighted by molar-refractivity contribution is -0.117. The number of amides is 1. The Kier molecular flexibility index (Phi) is 6.60. The average molecular weight is 320 g/mol. The van der Waals surface area contributed by atoms with Crippen molar-refractivity contribution in [1.82, 2.24) is 5.32 Å². The van der Waals surface area contributed by atoms with Gasteiger partial charge in [-0.2, -0.15) is 5.26 Å². The summed E-state index contributed by atoms with van der Waals surface area (Å²) in [5, 5.41) is 12.0. The van der Waals surface area contributed by atoms with Gasteiger partial charge in [0.25, 0.3) is 5.91 Å². The van der Waals surface area contributed by atoms with Gasteiger partial charge in [0.2, 0.25) is 0 Å². The normalized spacial score (nSPS) is 10.8. The van der Waals surface area contributed by atoms with Crippen molar-refractivity contribution in [3.63, 3.8) is 0 Å². The standard InChI is InChI=1S/C20H20N2O2/c1-2-12-24-19-10-8-16(9-11-19)13-18(14-21)20(23)22-15-17-6-4-3-5-7-17/h3-11,13H,2,12,15H2,1H3,(H,22,23)/b18-13-. The summed E-state index contributed by atoms with van der Waals surface area (Å²) in [6.45, 7) is 3.10. The number of carbonyl (C=O) groups is 1. The maximum absolute atomic E-state index is 12.1. The van der Waals surface area contributed by atoms with Crippen molar-refractivity contribution in [3.05, 3.63) is 71.3 Å². The van der Waals surface area contributed by atoms with Gasteiger partial charge in [0, 0.05) is 6.54 Å². The highest BCUT2D eigenvalue weighted by Crippen LogP contribution is 2.15. The van der Waals surface area contributed by atoms with Crippen LogP contribution < -0.4 is 10.1 Å². The predicted octanol–water partition coefficient (Wildman–Crippen LogP) is 3.70. The highest BCUT2D eigenvalue weighted by Gasteiger charge is 2.08. The number of hydrogen-bond donors (Lipinski definition) is 1. The first kappa shape index (κ1) is 17.3. The molecule has 0 aromatic heterocycles. The molecule has 0 atom stereocenters. The van der Waals surface area contributed by atoms with Gasteiger partial charge in [-0.3, -0.25) is 4.79 Å². The maximum Gasteiger partial charge on any atom is 0.262 e. The summed E-state index contributed by atoms with van der Waals surface area (Å²) >= 11 is 0. The summed E-state index contributed by atoms with van der Waals surface area (Å²) in [5.74, 6) is 0.397. The molecule has 122 valence electrons. The molecule has 4 heteroatoms. The van der Waals surface area contributed by atoms with E-state index < -0.39 is 0 Å². The van der Waals surface area contributed by atoms with Crippen LogP contribution in [0.3, 0.4) is 0 Å². The van der Waals surface area contributed by atoms with Crippen LogP contribution in [0.5, 0.6) is 5.75 Å². The monoisotopic (exact) mass is 320 g/mol. The van der Waals surface area contributed by atoms with Crippen LogP contribution in [-0.4, -0.2) is 12.5 Å². The highest BCUT2D eigenvalue weighted by molar-refractivity contribution is 6.01. The number of nitriles is 1. The van der Waals surface area contributed by atoms with E-state index in [1.54, 1.807) is 6.08 Å². The number of ether oxygens (including phenoxy) is 1. The Labute approximate surface area is 142 Å². The lowest BCUT2D eigenvalue weighted by Gasteiger charge is -2.06. The fraction of sp³-hybridized carbons (Fsp3) is 0.200. The van der Waals surface area contributed by atoms with Crippen molar-refractivity contribution in [2.75, 3.05) is 6.61 Å². The van der Waals surface area contributed by atoms with Gasteiger partial charge in [-0.15, -0.1) is 0 Å². The van der Waals surface area contributed by atoms with Crippen molar-refractivity contribution >= 4 is 12.0 Å². The van der Waals surface area contributed by atoms with E-state index in [0.717, 1.165) is 23.3 Å². The van der Waals surface area contributed by atoms with E-state index in [1.165, 1.54) is 0 Å². The van der Waals surface area contributed by atoms with E-state index in [4.69, 9.17) is 4.74 Å². The van der Waals surface area contributed by atoms with Crippen molar-refractivity contribution in [2.24, 2.45) is 0 Å². The summed E-state index contributed by atoms with van der Waals surface area (Å²) in [7, 11) is 0. The third-order valence-corrected chi connectivity index (χ3v) is 3.32. The van der Waals surface area contributed by atoms with Gasteiger partial charge >= 0.3 is 0 Å². The minimum absolute atomic E-state index is 0.0770. The number of nitrogens with one attached hydrogen (secondary N) is 1. The number of benzene rings is 2. The zero-order valence-electron chi connectivity index (χ0n) is 13.7. The van der Waals surface area contributed by atoms with Crippen molar-refractivity contribution in [2.45, 2.75) is 19.9 Å². The summed E-state index contributed by atoms with van der Waals surface area (Å²) in [6.07, 6.45) is 2.52. The zero-order chi connectivity index (χ0) is 17.2. The molecular formula is C20H20N2O2. The number of hydrogen-bond acceptors (Lipinski definition) is 3. The van der Waals surface area contributed by atoms with Crippen LogP contribution in [0.15, 0.2) is 60.2 Å². The van der Waals surface area contributed by atoms with Gasteiger partial charge in [0.05, 0.1) is 6.61 Å². The predicted molar refractivity (Wildman–Crippen MR) is 94.1 cm³/mol. The highest BCUT2D eigenvalue weighted by atomic mass is 16.5. The molecule has 0 saturated heterocycles. The van der Waals surface area contributed by atoms with Crippen LogP contribution in [0.1, 0.15) is 24.5 Å². The second kappa shape index (κ2) is 9.16. The molecule has 0 saturated carbocycles. The summed E-state index contributed by atoms with van der Waals surface area (Å²) in [4.78, 5) is 12.1. The SMILES string of the molecule is CCCOc1ccc(/C=C(/C#N)C(=O)NCc2ccccc2)cc1. The van der Waals surface area contributed by atoms with Gasteiger partial charge in [-0.1, -0.05) is 49.4 Å². The molecule has 0 heterocycles. The fourth-order valence-corrected chi connectivity index (χ4v) is 2.07. The molecule has 0 fully saturated rings. The average Bonchev–Trinajstić information content (AvgIpc) is 2.64. The van der Waals surface area contributed by atoms with Gasteiger partial charge < -0.3 is 10.1 Å². The van der Waals surface area contributed by atoms with Gasteiger partial charge in [-0.25, -0.2) is 0 Å². The summed E-state index contributed by atoms with van der Waals surface area (Å²) < 4.78 is 5.51. The molecule has 0 aliphatic carbocycles. The van der Waals surface area contributed by atoms with E-state index >= 15 is 0 Å². The molecule has 0 unspecified atom stereocenters. The van der Waals surface area contributed by atoms with Crippen LogP contribution in [0.25, 0.3) is 6.08 Å². The molecule has 4 nitrogen and oxygen atoms in total. The van der Waals surface area contributed by atoms with Crippen LogP contribution in [0.2, 0.25) is 0 Å². The quantitative estimate of drug-likeness (QED) is 0.625. The molecule has 0 radical (unpaired) electrons. The Morgan fingerprint density at radius 3 is 2.50 bits per heavy atom. The van der Waals surface area contributed by atoms with E-state index in [0.29, 0.717) is 13.2 Å². The van der Waals surface area contributed by atoms with E-state index in [-0.39, 0.29) is 11.5 Å². The lowest BCUT2D eigenvalue weighted by Crippen LogP contribution is -2.23. The summed E-state index contributed by atoms with van der Waals surface area (Å²) in [5.41, 5.74) is 1.85. The van der Waals surface area contributed by atoms with Crippen LogP contribution in [-0.2, 0) is 11.3 Å². The third-order valence-electron chi connectivity index (χ3n) is 3.32. The molecule has 0 aliphatic heterocycles. The Morgan fingerprint density at radius 2 is 1.88 bits per heavy atom. The Hall–Kier alpha value is -3.06. The van der Waals surface area contributed by atoms with Crippen molar-refractivity contribution in [1.29, 1.82) is 5.26 Å². The molecule has 2 rings (SSSR count). The lowest BCUT2D eigenvalue weighted by atomic mass is 10.1. The molecule has 2 aromatic carbocycles. The Balaban J connectivity index is 2.00. The Bertz CT molecular complexity index is 728. The first-order valence-corrected chi connectivity index (χ1v) is 7.89. The van der Waals surface area contributed by atoms with E-state index in [2.05, 4.69) is 5.32 Å². The topological polar surface area (TPSA) is 62.1 Å². The minimum Gasteiger partial charge on any atom is -0.494 e. The van der Waals surface area contributed by atoms with Crippen molar-refractivity contribution in [3.8, 4) is 11.8 Å². The molecule has 0 bridgehead atoms. The first-order chi connectivity index (χ1) is 11.7. The summed E-state index contributed by atoms with van der Waals surface area (Å²) in [6, 6.07) is 18.8. The second-order valence-electron chi connectivity index (χ2n) is 5.26. The molecule has 1 amide bonds. The fourth-order valence-electron chi connectivity index (χ4n) is 2.07. The van der Waals surface area contributed by atoms with Crippen LogP contribution in [0, 0.1) is 11.3 Å². The second-order valence-corrected chi connectivity index (χ2v) is 5.26. The zero-order valence-corrected chi connectivity index (χ0v) is 13.7. The van der Waals surface area contributed by atoms with Crippen LogP contribution >= 0.6 is 0 Å². The Morgan fingerprint density at radius 1 is 1.17 bits per heavy atom. The number of nitrogens with zero attached hydrogens (tertiary/aromatic N) is 1. The third kappa shape index (κ3) is 5.29. The number of rotatable bonds is 7. The minimum atomic E-state index is -0.382. The van der Waals surface area contributed by atoms with Gasteiger partial charge in [0.15, 0.2) is 0 Å². The van der Waals surface area contributed by atoms with Crippen molar-refractivity contribution < 1.29 is 9.53 Å². The molecule has 2 aromatic rings. The molecule has 24 heavy (non-hydrogen) atoms.